The molecule has 1 rings (SSSR count). The van der Waals surface area contributed by atoms with Gasteiger partial charge in [0.05, 0.1) is 6.10 Å². The molecule has 0 bridgehead atoms. The number of carbonyl (C=O) groups is 4. The minimum Gasteiger partial charge on any atom is -0.458 e. The van der Waals surface area contributed by atoms with Crippen LogP contribution in [-0.4, -0.2) is 64.5 Å². The van der Waals surface area contributed by atoms with Crippen molar-refractivity contribution >= 4 is 23.6 Å². The standard InChI is InChI=1S/C22H37NO6.C6H14O2.C3H4O/c1-8-17-22(7,29-21(23)27)11-15(5)18(24)13(3)9-12(2)10-14(4)19(25)16(6)20(26)28-17;1-4-6(7)8-5(2)3;1-2-3-4/h12-17H,8-11H2,1-7H3,(H2,23,27);5-7H,4H2,1-3H3;1,4H,3H2/t12?,13-,14?,15-,16?,17?,22+;;/m1../s1. The average Bonchev–Trinajstić information content (AvgIpc) is 2.88. The van der Waals surface area contributed by atoms with E-state index in [1.54, 1.807) is 34.6 Å². The SMILES string of the molecule is C#CCO.CCC(O)OC(C)C.CCC1OC(=O)C(C)C(=O)C(C)CC(C)C[C@@H](C)C(=O)[C@H](C)C[C@]1(C)OC(N)=O. The number of cyclic esters (lactones) is 1. The van der Waals surface area contributed by atoms with Crippen LogP contribution in [0.25, 0.3) is 0 Å². The van der Waals surface area contributed by atoms with Gasteiger partial charge < -0.3 is 30.2 Å². The van der Waals surface area contributed by atoms with Crippen LogP contribution in [0.4, 0.5) is 4.79 Å². The molecule has 1 aliphatic rings. The first-order chi connectivity index (χ1) is 18.9. The Labute approximate surface area is 247 Å². The zero-order valence-electron chi connectivity index (χ0n) is 26.8. The lowest BCUT2D eigenvalue weighted by molar-refractivity contribution is -0.172. The number of hydrogen-bond donors (Lipinski definition) is 3. The van der Waals surface area contributed by atoms with Gasteiger partial charge in [0, 0.05) is 24.2 Å². The average molecular weight is 586 g/mol. The molecule has 41 heavy (non-hydrogen) atoms. The molecule has 238 valence electrons. The van der Waals surface area contributed by atoms with E-state index in [4.69, 9.17) is 30.2 Å². The van der Waals surface area contributed by atoms with E-state index in [1.807, 2.05) is 40.5 Å². The van der Waals surface area contributed by atoms with Crippen molar-refractivity contribution in [2.45, 2.75) is 125 Å². The summed E-state index contributed by atoms with van der Waals surface area (Å²) in [5.74, 6) is -0.461. The normalized spacial score (nSPS) is 30.3. The van der Waals surface area contributed by atoms with E-state index in [2.05, 4.69) is 6.42 Å². The third-order valence-electron chi connectivity index (χ3n) is 6.97. The highest BCUT2D eigenvalue weighted by molar-refractivity contribution is 5.99. The zero-order chi connectivity index (χ0) is 32.5. The highest BCUT2D eigenvalue weighted by Gasteiger charge is 2.44. The van der Waals surface area contributed by atoms with E-state index < -0.39 is 41.9 Å². The van der Waals surface area contributed by atoms with Crippen LogP contribution in [0.5, 0.6) is 0 Å². The monoisotopic (exact) mass is 585 g/mol. The van der Waals surface area contributed by atoms with Crippen molar-refractivity contribution < 1.29 is 43.6 Å². The van der Waals surface area contributed by atoms with Gasteiger partial charge in [0.2, 0.25) is 0 Å². The van der Waals surface area contributed by atoms with Crippen LogP contribution >= 0.6 is 0 Å². The molecular weight excluding hydrogens is 530 g/mol. The maximum Gasteiger partial charge on any atom is 0.405 e. The molecule has 1 saturated heterocycles. The molecule has 10 nitrogen and oxygen atoms in total. The summed E-state index contributed by atoms with van der Waals surface area (Å²) in [6, 6.07) is 0. The van der Waals surface area contributed by atoms with Gasteiger partial charge in [-0.3, -0.25) is 14.4 Å². The molecule has 8 atom stereocenters. The Bertz CT molecular complexity index is 853. The Balaban J connectivity index is 0. The number of amides is 1. The number of nitrogens with two attached hydrogens (primary N) is 1. The second-order valence-corrected chi connectivity index (χ2v) is 11.5. The summed E-state index contributed by atoms with van der Waals surface area (Å²) in [5.41, 5.74) is 4.01. The summed E-state index contributed by atoms with van der Waals surface area (Å²) in [6.07, 6.45) is 4.73. The molecular formula is C31H55NO9. The number of Topliss-reactive ketones (excluding diaryl/α,β-unsaturated/α-hetero) is 2. The Kier molecular flexibility index (Phi) is 20.2. The largest absolute Gasteiger partial charge is 0.458 e. The van der Waals surface area contributed by atoms with Gasteiger partial charge in [0.1, 0.15) is 35.8 Å². The molecule has 10 heteroatoms. The summed E-state index contributed by atoms with van der Waals surface area (Å²) in [4.78, 5) is 49.9. The maximum atomic E-state index is 12.9. The fourth-order valence-corrected chi connectivity index (χ4v) is 5.03. The topological polar surface area (TPSA) is 162 Å². The molecule has 0 aromatic heterocycles. The Morgan fingerprint density at radius 3 is 1.93 bits per heavy atom. The zero-order valence-corrected chi connectivity index (χ0v) is 26.8. The van der Waals surface area contributed by atoms with Crippen molar-refractivity contribution in [1.82, 2.24) is 0 Å². The maximum absolute atomic E-state index is 12.9. The van der Waals surface area contributed by atoms with Crippen LogP contribution in [0.3, 0.4) is 0 Å². The molecule has 0 radical (unpaired) electrons. The predicted octanol–water partition coefficient (Wildman–Crippen LogP) is 4.42. The second kappa shape index (κ2) is 20.4. The molecule has 1 fully saturated rings. The van der Waals surface area contributed by atoms with Crippen molar-refractivity contribution in [3.8, 4) is 12.3 Å². The molecule has 4 N–H and O–H groups in total. The molecule has 1 heterocycles. The van der Waals surface area contributed by atoms with Gasteiger partial charge >= 0.3 is 12.1 Å². The first-order valence-electron chi connectivity index (χ1n) is 14.5. The highest BCUT2D eigenvalue weighted by atomic mass is 16.6. The smallest absolute Gasteiger partial charge is 0.405 e. The minimum atomic E-state index is -1.27. The van der Waals surface area contributed by atoms with Crippen LogP contribution in [0.15, 0.2) is 0 Å². The third-order valence-corrected chi connectivity index (χ3v) is 6.97. The summed E-state index contributed by atoms with van der Waals surface area (Å²) < 4.78 is 16.0. The molecule has 5 unspecified atom stereocenters. The van der Waals surface area contributed by atoms with Crippen molar-refractivity contribution in [1.29, 1.82) is 0 Å². The summed E-state index contributed by atoms with van der Waals surface area (Å²) >= 11 is 0. The van der Waals surface area contributed by atoms with Gasteiger partial charge in [0.25, 0.3) is 0 Å². The van der Waals surface area contributed by atoms with E-state index in [-0.39, 0.29) is 48.5 Å². The van der Waals surface area contributed by atoms with E-state index in [9.17, 15) is 19.2 Å². The first-order valence-corrected chi connectivity index (χ1v) is 14.5. The van der Waals surface area contributed by atoms with Crippen molar-refractivity contribution in [3.05, 3.63) is 0 Å². The molecule has 1 amide bonds. The molecule has 0 aliphatic carbocycles. The summed E-state index contributed by atoms with van der Waals surface area (Å²) in [6.45, 7) is 18.0. The number of ether oxygens (including phenoxy) is 3. The van der Waals surface area contributed by atoms with Crippen molar-refractivity contribution in [2.75, 3.05) is 6.61 Å². The number of carbonyl (C=O) groups excluding carboxylic acids is 4. The van der Waals surface area contributed by atoms with Crippen LogP contribution in [0.2, 0.25) is 0 Å². The van der Waals surface area contributed by atoms with Crippen LogP contribution in [0.1, 0.15) is 101 Å². The van der Waals surface area contributed by atoms with E-state index in [0.29, 0.717) is 25.7 Å². The van der Waals surface area contributed by atoms with E-state index in [0.717, 1.165) is 0 Å². The lowest BCUT2D eigenvalue weighted by atomic mass is 9.78. The van der Waals surface area contributed by atoms with Gasteiger partial charge in [-0.1, -0.05) is 47.5 Å². The Morgan fingerprint density at radius 2 is 1.56 bits per heavy atom. The van der Waals surface area contributed by atoms with Crippen molar-refractivity contribution in [3.63, 3.8) is 0 Å². The molecule has 0 aromatic rings. The number of aliphatic hydroxyl groups is 2. The number of rotatable bonds is 5. The van der Waals surface area contributed by atoms with Crippen LogP contribution < -0.4 is 5.73 Å². The fourth-order valence-electron chi connectivity index (χ4n) is 5.03. The second-order valence-electron chi connectivity index (χ2n) is 11.5. The van der Waals surface area contributed by atoms with Crippen LogP contribution in [0, 0.1) is 41.9 Å². The number of hydrogen-bond acceptors (Lipinski definition) is 9. The lowest BCUT2D eigenvalue weighted by Gasteiger charge is -2.38. The third kappa shape index (κ3) is 15.9. The Morgan fingerprint density at radius 1 is 1.07 bits per heavy atom. The quantitative estimate of drug-likeness (QED) is 0.183. The van der Waals surface area contributed by atoms with Gasteiger partial charge in [-0.25, -0.2) is 4.79 Å². The molecule has 0 spiro atoms. The summed E-state index contributed by atoms with van der Waals surface area (Å²) in [5, 5.41) is 16.4. The minimum absolute atomic E-state index is 0.0572. The highest BCUT2D eigenvalue weighted by Crippen LogP contribution is 2.33. The Hall–Kier alpha value is -2.48. The predicted molar refractivity (Wildman–Crippen MR) is 157 cm³/mol. The number of ketones is 2. The molecule has 0 aromatic carbocycles. The molecule has 1 aliphatic heterocycles. The van der Waals surface area contributed by atoms with E-state index in [1.165, 1.54) is 0 Å². The first kappa shape index (κ1) is 40.7. The van der Waals surface area contributed by atoms with Gasteiger partial charge in [0.15, 0.2) is 6.29 Å². The number of primary amides is 1. The lowest BCUT2D eigenvalue weighted by Crippen LogP contribution is -2.50. The van der Waals surface area contributed by atoms with Crippen molar-refractivity contribution in [2.24, 2.45) is 35.3 Å². The van der Waals surface area contributed by atoms with Crippen LogP contribution in [-0.2, 0) is 28.6 Å². The molecule has 0 saturated carbocycles. The number of esters is 1. The van der Waals surface area contributed by atoms with Gasteiger partial charge in [-0.2, -0.15) is 0 Å². The van der Waals surface area contributed by atoms with Gasteiger partial charge in [-0.15, -0.1) is 6.42 Å². The fraction of sp³-hybridized carbons (Fsp3) is 0.806. The number of terminal acetylenes is 1. The van der Waals surface area contributed by atoms with E-state index >= 15 is 0 Å². The summed E-state index contributed by atoms with van der Waals surface area (Å²) in [7, 11) is 0. The number of aliphatic hydroxyl groups excluding tert-OH is 2. The van der Waals surface area contributed by atoms with Gasteiger partial charge in [-0.05, 0) is 59.3 Å².